The molecule has 0 spiro atoms. The van der Waals surface area contributed by atoms with Crippen LogP contribution in [0.5, 0.6) is 11.5 Å². The van der Waals surface area contributed by atoms with Gasteiger partial charge in [-0.25, -0.2) is 9.37 Å². The van der Waals surface area contributed by atoms with Crippen LogP contribution < -0.4 is 20.3 Å². The summed E-state index contributed by atoms with van der Waals surface area (Å²) in [6, 6.07) is 10.1. The number of halogens is 2. The summed E-state index contributed by atoms with van der Waals surface area (Å²) in [5, 5.41) is 7.54. The summed E-state index contributed by atoms with van der Waals surface area (Å²) in [4.78, 5) is 10.7. The second-order valence-corrected chi connectivity index (χ2v) is 8.35. The summed E-state index contributed by atoms with van der Waals surface area (Å²) in [7, 11) is 0. The van der Waals surface area contributed by atoms with Crippen molar-refractivity contribution in [2.24, 2.45) is 0 Å². The Morgan fingerprint density at radius 3 is 2.72 bits per heavy atom. The fraction of sp³-hybridized carbons (Fsp3) is 0.261. The molecule has 2 N–H and O–H groups in total. The molecule has 0 radical (unpaired) electrons. The Kier molecular flexibility index (Phi) is 7.02. The number of nitrogens with one attached hydrogen (secondary N) is 2. The highest BCUT2D eigenvalue weighted by atomic mass is 35.5. The third kappa shape index (κ3) is 5.44. The Labute approximate surface area is 196 Å². The monoisotopic (exact) mass is 471 g/mol. The first-order valence-corrected chi connectivity index (χ1v) is 11.1. The van der Waals surface area contributed by atoms with Gasteiger partial charge in [-0.15, -0.1) is 0 Å². The van der Waals surface area contributed by atoms with Crippen molar-refractivity contribution in [3.8, 4) is 11.5 Å². The molecule has 0 aliphatic carbocycles. The van der Waals surface area contributed by atoms with Gasteiger partial charge in [-0.1, -0.05) is 11.6 Å². The molecule has 0 unspecified atom stereocenters. The van der Waals surface area contributed by atoms with Gasteiger partial charge in [0.2, 0.25) is 0 Å². The van der Waals surface area contributed by atoms with E-state index >= 15 is 0 Å². The number of nitrogens with zero attached hydrogens (tertiary/aromatic N) is 3. The maximum atomic E-state index is 13.4. The van der Waals surface area contributed by atoms with E-state index in [0.29, 0.717) is 33.0 Å². The predicted molar refractivity (Wildman–Crippen MR) is 129 cm³/mol. The van der Waals surface area contributed by atoms with E-state index in [1.807, 2.05) is 12.1 Å². The van der Waals surface area contributed by atoms with Gasteiger partial charge in [0.25, 0.3) is 0 Å². The zero-order chi connectivity index (χ0) is 22.5. The molecular formula is C23H23ClFN5OS. The molecule has 166 valence electrons. The summed E-state index contributed by atoms with van der Waals surface area (Å²) >= 11 is 12.1. The van der Waals surface area contributed by atoms with Crippen molar-refractivity contribution >= 4 is 40.4 Å². The molecule has 1 saturated heterocycles. The summed E-state index contributed by atoms with van der Waals surface area (Å²) in [5.74, 6) is 1.43. The number of pyridine rings is 2. The summed E-state index contributed by atoms with van der Waals surface area (Å²) < 4.78 is 19.3. The molecule has 2 aromatic heterocycles. The first-order chi connectivity index (χ1) is 15.5. The highest BCUT2D eigenvalue weighted by Crippen LogP contribution is 2.37. The van der Waals surface area contributed by atoms with Crippen LogP contribution in [-0.4, -0.2) is 34.2 Å². The summed E-state index contributed by atoms with van der Waals surface area (Å²) in [6.45, 7) is 3.34. The SMILES string of the molecule is Cc1cc(F)ccc1Oc1ccnc(N2CCC(NC(=S)Nc3cccnc3)CC2)c1Cl. The molecule has 3 heterocycles. The average Bonchev–Trinajstić information content (AvgIpc) is 2.78. The normalized spacial score (nSPS) is 14.2. The van der Waals surface area contributed by atoms with Crippen molar-refractivity contribution in [3.05, 3.63) is 71.4 Å². The van der Waals surface area contributed by atoms with Crippen LogP contribution in [0.4, 0.5) is 15.9 Å². The number of piperidine rings is 1. The van der Waals surface area contributed by atoms with Gasteiger partial charge in [0.05, 0.1) is 11.9 Å². The molecular weight excluding hydrogens is 449 g/mol. The third-order valence-electron chi connectivity index (χ3n) is 5.24. The molecule has 4 rings (SSSR count). The molecule has 0 atom stereocenters. The van der Waals surface area contributed by atoms with Crippen LogP contribution in [-0.2, 0) is 0 Å². The van der Waals surface area contributed by atoms with Crippen LogP contribution in [0.15, 0.2) is 55.0 Å². The molecule has 9 heteroatoms. The van der Waals surface area contributed by atoms with E-state index in [2.05, 4.69) is 25.5 Å². The number of rotatable bonds is 5. The molecule has 1 aliphatic heterocycles. The van der Waals surface area contributed by atoms with Gasteiger partial charge in [-0.2, -0.15) is 0 Å². The van der Waals surface area contributed by atoms with E-state index in [0.717, 1.165) is 31.6 Å². The van der Waals surface area contributed by atoms with Gasteiger partial charge in [0.1, 0.15) is 16.6 Å². The van der Waals surface area contributed by atoms with E-state index in [-0.39, 0.29) is 11.9 Å². The Morgan fingerprint density at radius 1 is 1.19 bits per heavy atom. The molecule has 1 aliphatic rings. The van der Waals surface area contributed by atoms with Gasteiger partial charge in [-0.3, -0.25) is 4.98 Å². The molecule has 0 amide bonds. The highest BCUT2D eigenvalue weighted by molar-refractivity contribution is 7.80. The summed E-state index contributed by atoms with van der Waals surface area (Å²) in [6.07, 6.45) is 6.89. The highest BCUT2D eigenvalue weighted by Gasteiger charge is 2.24. The van der Waals surface area contributed by atoms with E-state index in [1.54, 1.807) is 37.6 Å². The lowest BCUT2D eigenvalue weighted by molar-refractivity contribution is 0.461. The first-order valence-electron chi connectivity index (χ1n) is 10.3. The maximum Gasteiger partial charge on any atom is 0.171 e. The minimum Gasteiger partial charge on any atom is -0.455 e. The Hall–Kier alpha value is -2.97. The molecule has 0 bridgehead atoms. The number of anilines is 2. The smallest absolute Gasteiger partial charge is 0.171 e. The number of hydrogen-bond acceptors (Lipinski definition) is 5. The molecule has 0 saturated carbocycles. The van der Waals surface area contributed by atoms with Crippen molar-refractivity contribution < 1.29 is 9.13 Å². The van der Waals surface area contributed by atoms with Crippen molar-refractivity contribution in [2.75, 3.05) is 23.3 Å². The lowest BCUT2D eigenvalue weighted by Gasteiger charge is -2.34. The Morgan fingerprint density at radius 2 is 2.00 bits per heavy atom. The molecule has 1 fully saturated rings. The topological polar surface area (TPSA) is 62.3 Å². The van der Waals surface area contributed by atoms with Gasteiger partial charge >= 0.3 is 0 Å². The second-order valence-electron chi connectivity index (χ2n) is 7.56. The second kappa shape index (κ2) is 10.1. The van der Waals surface area contributed by atoms with Crippen molar-refractivity contribution in [1.82, 2.24) is 15.3 Å². The van der Waals surface area contributed by atoms with Crippen LogP contribution in [0.25, 0.3) is 0 Å². The zero-order valence-electron chi connectivity index (χ0n) is 17.5. The minimum absolute atomic E-state index is 0.253. The van der Waals surface area contributed by atoms with Crippen LogP contribution >= 0.6 is 23.8 Å². The van der Waals surface area contributed by atoms with Gasteiger partial charge < -0.3 is 20.3 Å². The fourth-order valence-electron chi connectivity index (χ4n) is 3.59. The number of thiocarbonyl (C=S) groups is 1. The standard InChI is InChI=1S/C23H23ClFN5OS/c1-15-13-16(25)4-5-19(15)31-20-6-10-27-22(21(20)24)30-11-7-17(8-12-30)28-23(32)29-18-3-2-9-26-14-18/h2-6,9-10,13-14,17H,7-8,11-12H2,1H3,(H2,28,29,32). The number of benzene rings is 1. The van der Waals surface area contributed by atoms with Crippen LogP contribution in [0.1, 0.15) is 18.4 Å². The van der Waals surface area contributed by atoms with Gasteiger partial charge in [0.15, 0.2) is 16.7 Å². The number of ether oxygens (including phenoxy) is 1. The average molecular weight is 472 g/mol. The number of hydrogen-bond donors (Lipinski definition) is 2. The van der Waals surface area contributed by atoms with E-state index in [4.69, 9.17) is 28.6 Å². The quantitative estimate of drug-likeness (QED) is 0.488. The van der Waals surface area contributed by atoms with Crippen molar-refractivity contribution in [3.63, 3.8) is 0 Å². The van der Waals surface area contributed by atoms with Gasteiger partial charge in [0, 0.05) is 37.6 Å². The van der Waals surface area contributed by atoms with Crippen molar-refractivity contribution in [2.45, 2.75) is 25.8 Å². The molecule has 32 heavy (non-hydrogen) atoms. The largest absolute Gasteiger partial charge is 0.455 e. The minimum atomic E-state index is -0.303. The lowest BCUT2D eigenvalue weighted by Crippen LogP contribution is -2.46. The molecule has 1 aromatic carbocycles. The maximum absolute atomic E-state index is 13.4. The molecule has 3 aromatic rings. The number of aryl methyl sites for hydroxylation is 1. The predicted octanol–water partition coefficient (Wildman–Crippen LogP) is 5.33. The Bertz CT molecular complexity index is 1090. The summed E-state index contributed by atoms with van der Waals surface area (Å²) in [5.41, 5.74) is 1.55. The Balaban J connectivity index is 1.36. The third-order valence-corrected chi connectivity index (χ3v) is 5.82. The lowest BCUT2D eigenvalue weighted by atomic mass is 10.1. The van der Waals surface area contributed by atoms with Gasteiger partial charge in [-0.05, 0) is 67.9 Å². The van der Waals surface area contributed by atoms with Crippen LogP contribution in [0, 0.1) is 12.7 Å². The number of aromatic nitrogens is 2. The van der Waals surface area contributed by atoms with E-state index < -0.39 is 0 Å². The molecule has 6 nitrogen and oxygen atoms in total. The van der Waals surface area contributed by atoms with E-state index in [9.17, 15) is 4.39 Å². The zero-order valence-corrected chi connectivity index (χ0v) is 19.1. The fourth-order valence-corrected chi connectivity index (χ4v) is 4.14. The van der Waals surface area contributed by atoms with Crippen LogP contribution in [0.2, 0.25) is 5.02 Å². The first kappa shape index (κ1) is 22.2. The van der Waals surface area contributed by atoms with Crippen LogP contribution in [0.3, 0.4) is 0 Å². The van der Waals surface area contributed by atoms with E-state index in [1.165, 1.54) is 12.1 Å². The van der Waals surface area contributed by atoms with Crippen molar-refractivity contribution in [1.29, 1.82) is 0 Å².